The molecule has 1 rings (SSSR count). The second-order valence-electron chi connectivity index (χ2n) is 5.85. The summed E-state index contributed by atoms with van der Waals surface area (Å²) < 4.78 is 0. The highest BCUT2D eigenvalue weighted by Gasteiger charge is 2.31. The molecule has 4 heteroatoms. The Balaban J connectivity index is 2.25. The van der Waals surface area contributed by atoms with Gasteiger partial charge in [0.05, 0.1) is 5.60 Å². The summed E-state index contributed by atoms with van der Waals surface area (Å²) in [5.74, 6) is 0.727. The third kappa shape index (κ3) is 5.36. The van der Waals surface area contributed by atoms with Crippen molar-refractivity contribution in [2.75, 3.05) is 13.1 Å². The first-order chi connectivity index (χ1) is 8.45. The average molecular weight is 256 g/mol. The molecule has 0 saturated heterocycles. The molecular weight excluding hydrogens is 228 g/mol. The minimum absolute atomic E-state index is 0.0236. The number of hydrogen-bond donors (Lipinski definition) is 3. The van der Waals surface area contributed by atoms with Gasteiger partial charge in [-0.25, -0.2) is 0 Å². The first kappa shape index (κ1) is 15.4. The number of amides is 1. The van der Waals surface area contributed by atoms with Crippen molar-refractivity contribution < 1.29 is 9.90 Å². The highest BCUT2D eigenvalue weighted by Crippen LogP contribution is 2.31. The van der Waals surface area contributed by atoms with E-state index in [4.69, 9.17) is 0 Å². The Bertz CT molecular complexity index is 261. The van der Waals surface area contributed by atoms with Crippen LogP contribution in [0.5, 0.6) is 0 Å². The summed E-state index contributed by atoms with van der Waals surface area (Å²) in [6.45, 7) is 7.52. The molecule has 0 radical (unpaired) electrons. The summed E-state index contributed by atoms with van der Waals surface area (Å²) in [5, 5.41) is 16.4. The first-order valence-corrected chi connectivity index (χ1v) is 7.17. The summed E-state index contributed by atoms with van der Waals surface area (Å²) in [4.78, 5) is 11.7. The summed E-state index contributed by atoms with van der Waals surface area (Å²) in [5.41, 5.74) is -0.677. The van der Waals surface area contributed by atoms with E-state index in [1.165, 1.54) is 0 Å². The molecule has 1 saturated carbocycles. The molecule has 1 unspecified atom stereocenters. The molecule has 1 atom stereocenters. The van der Waals surface area contributed by atoms with Gasteiger partial charge in [-0.1, -0.05) is 13.8 Å². The number of nitrogens with one attached hydrogen (secondary N) is 2. The van der Waals surface area contributed by atoms with Crippen LogP contribution in [-0.4, -0.2) is 35.7 Å². The van der Waals surface area contributed by atoms with Gasteiger partial charge in [0.2, 0.25) is 5.91 Å². The number of rotatable bonds is 6. The van der Waals surface area contributed by atoms with Crippen LogP contribution in [0.2, 0.25) is 0 Å². The summed E-state index contributed by atoms with van der Waals surface area (Å²) >= 11 is 0. The fraction of sp³-hybridized carbons (Fsp3) is 0.929. The van der Waals surface area contributed by atoms with Crippen molar-refractivity contribution in [2.24, 2.45) is 5.92 Å². The van der Waals surface area contributed by atoms with Crippen LogP contribution in [0, 0.1) is 5.92 Å². The molecular formula is C14H28N2O2. The molecule has 1 fully saturated rings. The number of carbonyl (C=O) groups excluding carboxylic acids is 1. The maximum Gasteiger partial charge on any atom is 0.221 e. The lowest BCUT2D eigenvalue weighted by Crippen LogP contribution is -2.46. The topological polar surface area (TPSA) is 61.4 Å². The summed E-state index contributed by atoms with van der Waals surface area (Å²) in [6.07, 6.45) is 4.19. The van der Waals surface area contributed by atoms with Crippen molar-refractivity contribution >= 4 is 5.91 Å². The second-order valence-corrected chi connectivity index (χ2v) is 5.85. The lowest BCUT2D eigenvalue weighted by atomic mass is 9.79. The van der Waals surface area contributed by atoms with Crippen molar-refractivity contribution in [3.8, 4) is 0 Å². The van der Waals surface area contributed by atoms with Crippen LogP contribution in [0.15, 0.2) is 0 Å². The van der Waals surface area contributed by atoms with Gasteiger partial charge in [-0.05, 0) is 45.1 Å². The van der Waals surface area contributed by atoms with Crippen LogP contribution in [-0.2, 0) is 4.79 Å². The molecule has 0 bridgehead atoms. The third-order valence-corrected chi connectivity index (χ3v) is 3.86. The van der Waals surface area contributed by atoms with Gasteiger partial charge < -0.3 is 15.7 Å². The zero-order valence-electron chi connectivity index (χ0n) is 12.0. The lowest BCUT2D eigenvalue weighted by Gasteiger charge is -2.35. The molecule has 0 spiro atoms. The van der Waals surface area contributed by atoms with Gasteiger partial charge in [0.25, 0.3) is 0 Å². The van der Waals surface area contributed by atoms with Crippen molar-refractivity contribution in [1.29, 1.82) is 0 Å². The maximum absolute atomic E-state index is 11.7. The molecule has 106 valence electrons. The predicted octanol–water partition coefficient (Wildman–Crippen LogP) is 1.43. The minimum Gasteiger partial charge on any atom is -0.388 e. The molecule has 18 heavy (non-hydrogen) atoms. The monoisotopic (exact) mass is 256 g/mol. The van der Waals surface area contributed by atoms with Gasteiger partial charge in [-0.15, -0.1) is 0 Å². The predicted molar refractivity (Wildman–Crippen MR) is 73.3 cm³/mol. The van der Waals surface area contributed by atoms with Gasteiger partial charge >= 0.3 is 0 Å². The van der Waals surface area contributed by atoms with Gasteiger partial charge in [0.15, 0.2) is 0 Å². The van der Waals surface area contributed by atoms with Crippen LogP contribution < -0.4 is 10.6 Å². The largest absolute Gasteiger partial charge is 0.388 e. The maximum atomic E-state index is 11.7. The highest BCUT2D eigenvalue weighted by atomic mass is 16.3. The van der Waals surface area contributed by atoms with E-state index < -0.39 is 5.60 Å². The summed E-state index contributed by atoms with van der Waals surface area (Å²) in [6, 6.07) is 0.191. The number of carbonyl (C=O) groups is 1. The molecule has 4 nitrogen and oxygen atoms in total. The Morgan fingerprint density at radius 1 is 1.44 bits per heavy atom. The van der Waals surface area contributed by atoms with Gasteiger partial charge in [0, 0.05) is 19.0 Å². The zero-order valence-corrected chi connectivity index (χ0v) is 12.0. The Morgan fingerprint density at radius 2 is 2.06 bits per heavy atom. The average Bonchev–Trinajstić information content (AvgIpc) is 2.31. The Kier molecular flexibility index (Phi) is 6.09. The normalized spacial score (nSPS) is 29.9. The van der Waals surface area contributed by atoms with E-state index in [1.807, 2.05) is 13.8 Å². The molecule has 0 aromatic rings. The Morgan fingerprint density at radius 3 is 2.61 bits per heavy atom. The lowest BCUT2D eigenvalue weighted by molar-refractivity contribution is -0.123. The Labute approximate surface area is 111 Å². The second kappa shape index (κ2) is 7.10. The molecule has 1 aliphatic carbocycles. The van der Waals surface area contributed by atoms with Crippen LogP contribution in [0.25, 0.3) is 0 Å². The van der Waals surface area contributed by atoms with E-state index in [-0.39, 0.29) is 11.9 Å². The van der Waals surface area contributed by atoms with E-state index in [2.05, 4.69) is 17.6 Å². The molecule has 0 aromatic carbocycles. The Hall–Kier alpha value is -0.610. The van der Waals surface area contributed by atoms with Crippen molar-refractivity contribution in [2.45, 2.75) is 64.5 Å². The summed E-state index contributed by atoms with van der Waals surface area (Å²) in [7, 11) is 0. The smallest absolute Gasteiger partial charge is 0.221 e. The van der Waals surface area contributed by atoms with E-state index in [1.54, 1.807) is 0 Å². The quantitative estimate of drug-likeness (QED) is 0.674. The molecule has 0 aromatic heterocycles. The fourth-order valence-electron chi connectivity index (χ4n) is 2.51. The van der Waals surface area contributed by atoms with Crippen molar-refractivity contribution in [3.63, 3.8) is 0 Å². The van der Waals surface area contributed by atoms with Gasteiger partial charge in [-0.2, -0.15) is 0 Å². The van der Waals surface area contributed by atoms with Gasteiger partial charge in [0.1, 0.15) is 0 Å². The minimum atomic E-state index is -0.677. The van der Waals surface area contributed by atoms with Gasteiger partial charge in [-0.3, -0.25) is 4.79 Å². The number of aliphatic hydroxyl groups is 1. The number of hydrogen-bond acceptors (Lipinski definition) is 3. The molecule has 1 amide bonds. The molecule has 0 aliphatic heterocycles. The van der Waals surface area contributed by atoms with E-state index in [9.17, 15) is 9.90 Å². The van der Waals surface area contributed by atoms with Crippen molar-refractivity contribution in [1.82, 2.24) is 10.6 Å². The SMILES string of the molecule is CCNC(C)CC(=O)NCC1(O)CCC(C)CC1. The van der Waals surface area contributed by atoms with Crippen LogP contribution in [0.3, 0.4) is 0 Å². The third-order valence-electron chi connectivity index (χ3n) is 3.86. The molecule has 0 heterocycles. The zero-order chi connectivity index (χ0) is 13.6. The van der Waals surface area contributed by atoms with Crippen LogP contribution >= 0.6 is 0 Å². The van der Waals surface area contributed by atoms with Crippen LogP contribution in [0.1, 0.15) is 52.9 Å². The highest BCUT2D eigenvalue weighted by molar-refractivity contribution is 5.76. The first-order valence-electron chi connectivity index (χ1n) is 7.17. The van der Waals surface area contributed by atoms with E-state index in [0.29, 0.717) is 18.9 Å². The van der Waals surface area contributed by atoms with E-state index in [0.717, 1.165) is 32.2 Å². The standard InChI is InChI=1S/C14H28N2O2/c1-4-15-12(3)9-13(17)16-10-14(18)7-5-11(2)6-8-14/h11-12,15,18H,4-10H2,1-3H3,(H,16,17). The van der Waals surface area contributed by atoms with Crippen molar-refractivity contribution in [3.05, 3.63) is 0 Å². The van der Waals surface area contributed by atoms with E-state index >= 15 is 0 Å². The molecule has 3 N–H and O–H groups in total. The van der Waals surface area contributed by atoms with Crippen LogP contribution in [0.4, 0.5) is 0 Å². The molecule has 1 aliphatic rings. The fourth-order valence-corrected chi connectivity index (χ4v) is 2.51.